The highest BCUT2D eigenvalue weighted by Crippen LogP contribution is 2.48. The van der Waals surface area contributed by atoms with Crippen LogP contribution in [0, 0.1) is 11.2 Å². The molecule has 0 aliphatic carbocycles. The maximum atomic E-state index is 13.3. The van der Waals surface area contributed by atoms with Crippen molar-refractivity contribution in [3.63, 3.8) is 0 Å². The Morgan fingerprint density at radius 1 is 1.17 bits per heavy atom. The number of amides is 1. The summed E-state index contributed by atoms with van der Waals surface area (Å²) in [6.07, 6.45) is 3.48. The van der Waals surface area contributed by atoms with Gasteiger partial charge in [0.25, 0.3) is 0 Å². The van der Waals surface area contributed by atoms with Gasteiger partial charge in [-0.05, 0) is 43.4 Å². The van der Waals surface area contributed by atoms with Gasteiger partial charge in [0.15, 0.2) is 11.2 Å². The van der Waals surface area contributed by atoms with Gasteiger partial charge in [0, 0.05) is 38.1 Å². The molecule has 6 nitrogen and oxygen atoms in total. The van der Waals surface area contributed by atoms with E-state index in [4.69, 9.17) is 4.74 Å². The zero-order valence-electron chi connectivity index (χ0n) is 16.7. The number of ether oxygens (including phenoxy) is 1. The van der Waals surface area contributed by atoms with Crippen LogP contribution in [0.2, 0.25) is 0 Å². The third-order valence-electron chi connectivity index (χ3n) is 6.85. The third kappa shape index (κ3) is 3.45. The summed E-state index contributed by atoms with van der Waals surface area (Å²) in [5.74, 6) is -1.23. The molecule has 3 saturated heterocycles. The van der Waals surface area contributed by atoms with Crippen LogP contribution < -0.4 is 0 Å². The minimum Gasteiger partial charge on any atom is -0.468 e. The molecule has 156 valence electrons. The van der Waals surface area contributed by atoms with E-state index in [0.717, 1.165) is 24.8 Å². The molecule has 0 aromatic heterocycles. The fourth-order valence-corrected chi connectivity index (χ4v) is 5.34. The molecule has 2 bridgehead atoms. The predicted molar refractivity (Wildman–Crippen MR) is 103 cm³/mol. The van der Waals surface area contributed by atoms with E-state index in [1.54, 1.807) is 17.0 Å². The fourth-order valence-electron chi connectivity index (χ4n) is 5.34. The molecule has 1 amide bonds. The maximum absolute atomic E-state index is 13.3. The number of fused-ring (bicyclic) bond motifs is 2. The summed E-state index contributed by atoms with van der Waals surface area (Å²) >= 11 is 0. The SMILES string of the molecule is COC(=O)[C@]1(CC(=O)N2CCCC2)C(=O)C[C@H]2CC[C@H]1N2Cc1ccc(F)cc1. The topological polar surface area (TPSA) is 66.9 Å². The number of esters is 1. The van der Waals surface area contributed by atoms with E-state index >= 15 is 0 Å². The first-order valence-corrected chi connectivity index (χ1v) is 10.4. The molecule has 3 aliphatic heterocycles. The summed E-state index contributed by atoms with van der Waals surface area (Å²) in [6.45, 7) is 1.87. The van der Waals surface area contributed by atoms with Crippen LogP contribution in [0.3, 0.4) is 0 Å². The number of Topliss-reactive ketones (excluding diaryl/α,β-unsaturated/α-hetero) is 1. The lowest BCUT2D eigenvalue weighted by Gasteiger charge is -2.45. The molecule has 0 N–H and O–H groups in total. The van der Waals surface area contributed by atoms with Crippen LogP contribution in [0.25, 0.3) is 0 Å². The normalized spacial score (nSPS) is 29.3. The number of likely N-dealkylation sites (tertiary alicyclic amines) is 1. The number of benzene rings is 1. The number of halogens is 1. The molecule has 3 heterocycles. The molecule has 1 aromatic carbocycles. The van der Waals surface area contributed by atoms with Crippen molar-refractivity contribution in [2.24, 2.45) is 5.41 Å². The Hall–Kier alpha value is -2.28. The molecule has 0 unspecified atom stereocenters. The average molecular weight is 402 g/mol. The Bertz CT molecular complexity index is 806. The number of methoxy groups -OCH3 is 1. The zero-order valence-corrected chi connectivity index (χ0v) is 16.7. The molecule has 1 aromatic rings. The summed E-state index contributed by atoms with van der Waals surface area (Å²) in [7, 11) is 1.28. The highest BCUT2D eigenvalue weighted by Gasteiger charge is 2.62. The smallest absolute Gasteiger partial charge is 0.321 e. The van der Waals surface area contributed by atoms with Crippen molar-refractivity contribution in [3.8, 4) is 0 Å². The largest absolute Gasteiger partial charge is 0.468 e. The summed E-state index contributed by atoms with van der Waals surface area (Å²) in [5.41, 5.74) is -0.538. The Labute approximate surface area is 170 Å². The average Bonchev–Trinajstić information content (AvgIpc) is 3.35. The fraction of sp³-hybridized carbons (Fsp3) is 0.591. The van der Waals surface area contributed by atoms with Crippen LogP contribution in [-0.2, 0) is 25.7 Å². The van der Waals surface area contributed by atoms with E-state index in [0.29, 0.717) is 26.1 Å². The van der Waals surface area contributed by atoms with Gasteiger partial charge in [-0.25, -0.2) is 4.39 Å². The van der Waals surface area contributed by atoms with Crippen LogP contribution in [-0.4, -0.2) is 59.7 Å². The number of hydrogen-bond donors (Lipinski definition) is 0. The van der Waals surface area contributed by atoms with Gasteiger partial charge in [0.05, 0.1) is 13.5 Å². The number of piperidine rings is 1. The van der Waals surface area contributed by atoms with E-state index in [1.165, 1.54) is 19.2 Å². The van der Waals surface area contributed by atoms with Gasteiger partial charge in [0.2, 0.25) is 5.91 Å². The lowest BCUT2D eigenvalue weighted by atomic mass is 9.69. The van der Waals surface area contributed by atoms with Gasteiger partial charge in [-0.1, -0.05) is 12.1 Å². The maximum Gasteiger partial charge on any atom is 0.321 e. The lowest BCUT2D eigenvalue weighted by molar-refractivity contribution is -0.170. The number of nitrogens with zero attached hydrogens (tertiary/aromatic N) is 2. The van der Waals surface area contributed by atoms with Crippen LogP contribution >= 0.6 is 0 Å². The minimum absolute atomic E-state index is 0.0391. The first-order valence-electron chi connectivity index (χ1n) is 10.4. The second kappa shape index (κ2) is 7.86. The van der Waals surface area contributed by atoms with Crippen molar-refractivity contribution in [3.05, 3.63) is 35.6 Å². The van der Waals surface area contributed by atoms with Gasteiger partial charge in [0.1, 0.15) is 5.82 Å². The Balaban J connectivity index is 1.65. The highest BCUT2D eigenvalue weighted by molar-refractivity contribution is 6.08. The minimum atomic E-state index is -1.46. The highest BCUT2D eigenvalue weighted by atomic mass is 19.1. The molecule has 3 aliphatic rings. The van der Waals surface area contributed by atoms with Crippen molar-refractivity contribution in [2.75, 3.05) is 20.2 Å². The monoisotopic (exact) mass is 402 g/mol. The Kier molecular flexibility index (Phi) is 5.42. The first-order chi connectivity index (χ1) is 14.0. The van der Waals surface area contributed by atoms with Gasteiger partial charge in [-0.2, -0.15) is 0 Å². The molecule has 3 atom stereocenters. The van der Waals surface area contributed by atoms with Crippen molar-refractivity contribution in [2.45, 2.75) is 57.2 Å². The third-order valence-corrected chi connectivity index (χ3v) is 6.85. The molecule has 3 fully saturated rings. The first kappa shape index (κ1) is 20.0. The molecular weight excluding hydrogens is 375 g/mol. The molecule has 29 heavy (non-hydrogen) atoms. The van der Waals surface area contributed by atoms with Crippen molar-refractivity contribution < 1.29 is 23.5 Å². The molecule has 4 rings (SSSR count). The Morgan fingerprint density at radius 3 is 2.52 bits per heavy atom. The number of carbonyl (C=O) groups is 3. The standard InChI is InChI=1S/C22H27FN2O4/c1-29-21(28)22(13-20(27)24-10-2-3-11-24)18-9-8-17(12-19(22)26)25(18)14-15-4-6-16(23)7-5-15/h4-7,17-18H,2-3,8-14H2,1H3/t17-,18-,22+/m1/s1. The van der Waals surface area contributed by atoms with E-state index in [-0.39, 0.29) is 42.4 Å². The number of rotatable bonds is 5. The molecule has 0 saturated carbocycles. The van der Waals surface area contributed by atoms with Gasteiger partial charge >= 0.3 is 5.97 Å². The van der Waals surface area contributed by atoms with Crippen LogP contribution in [0.5, 0.6) is 0 Å². The molecule has 7 heteroatoms. The van der Waals surface area contributed by atoms with Crippen LogP contribution in [0.15, 0.2) is 24.3 Å². The van der Waals surface area contributed by atoms with E-state index in [2.05, 4.69) is 4.90 Å². The molecule has 0 spiro atoms. The van der Waals surface area contributed by atoms with Crippen LogP contribution in [0.1, 0.15) is 44.1 Å². The van der Waals surface area contributed by atoms with Crippen molar-refractivity contribution >= 4 is 17.7 Å². The second-order valence-electron chi connectivity index (χ2n) is 8.40. The predicted octanol–water partition coefficient (Wildman–Crippen LogP) is 2.30. The van der Waals surface area contributed by atoms with Gasteiger partial charge in [-0.3, -0.25) is 19.3 Å². The lowest BCUT2D eigenvalue weighted by Crippen LogP contribution is -2.61. The quantitative estimate of drug-likeness (QED) is 0.559. The summed E-state index contributed by atoms with van der Waals surface area (Å²) in [6, 6.07) is 5.93. The van der Waals surface area contributed by atoms with Crippen molar-refractivity contribution in [1.29, 1.82) is 0 Å². The van der Waals surface area contributed by atoms with E-state index in [9.17, 15) is 18.8 Å². The van der Waals surface area contributed by atoms with E-state index < -0.39 is 11.4 Å². The summed E-state index contributed by atoms with van der Waals surface area (Å²) in [4.78, 5) is 43.1. The van der Waals surface area contributed by atoms with Gasteiger partial charge in [-0.15, -0.1) is 0 Å². The summed E-state index contributed by atoms with van der Waals surface area (Å²) < 4.78 is 18.4. The van der Waals surface area contributed by atoms with Crippen LogP contribution in [0.4, 0.5) is 4.39 Å². The zero-order chi connectivity index (χ0) is 20.6. The molecule has 0 radical (unpaired) electrons. The number of hydrogen-bond acceptors (Lipinski definition) is 5. The van der Waals surface area contributed by atoms with E-state index in [1.807, 2.05) is 0 Å². The van der Waals surface area contributed by atoms with Gasteiger partial charge < -0.3 is 9.64 Å². The van der Waals surface area contributed by atoms with Crippen molar-refractivity contribution in [1.82, 2.24) is 9.80 Å². The molecular formula is C22H27FN2O4. The summed E-state index contributed by atoms with van der Waals surface area (Å²) in [5, 5.41) is 0. The Morgan fingerprint density at radius 2 is 1.86 bits per heavy atom. The second-order valence-corrected chi connectivity index (χ2v) is 8.40. The number of carbonyl (C=O) groups excluding carboxylic acids is 3. The number of ketones is 1.